The Kier molecular flexibility index (Phi) is 5.60. The highest BCUT2D eigenvalue weighted by Crippen LogP contribution is 2.18. The molecule has 0 saturated carbocycles. The van der Waals surface area contributed by atoms with Gasteiger partial charge in [0, 0.05) is 6.54 Å². The third-order valence-corrected chi connectivity index (χ3v) is 3.81. The standard InChI is InChI=1S/C20H17N5O2/c1-27-16-8-6-14(7-9-16)11-24-20(26)18-12-23-19(13-22-18)25-17-5-3-2-4-15(17)10-21/h2-9,12-13H,11H2,1H3,(H,23,25)(H,24,26). The fourth-order valence-electron chi connectivity index (χ4n) is 2.35. The summed E-state index contributed by atoms with van der Waals surface area (Å²) in [5.74, 6) is 0.892. The largest absolute Gasteiger partial charge is 0.497 e. The van der Waals surface area contributed by atoms with E-state index >= 15 is 0 Å². The van der Waals surface area contributed by atoms with E-state index in [2.05, 4.69) is 26.7 Å². The predicted molar refractivity (Wildman–Crippen MR) is 101 cm³/mol. The van der Waals surface area contributed by atoms with Crippen LogP contribution in [0.15, 0.2) is 60.9 Å². The molecule has 0 radical (unpaired) electrons. The number of nitrogens with zero attached hydrogens (tertiary/aromatic N) is 3. The molecule has 0 bridgehead atoms. The molecule has 0 fully saturated rings. The second kappa shape index (κ2) is 8.45. The number of hydrogen-bond acceptors (Lipinski definition) is 6. The van der Waals surface area contributed by atoms with Gasteiger partial charge in [0.15, 0.2) is 0 Å². The lowest BCUT2D eigenvalue weighted by molar-refractivity contribution is 0.0945. The maximum atomic E-state index is 12.2. The van der Waals surface area contributed by atoms with Crippen LogP contribution >= 0.6 is 0 Å². The molecular formula is C20H17N5O2. The number of carbonyl (C=O) groups is 1. The summed E-state index contributed by atoms with van der Waals surface area (Å²) >= 11 is 0. The number of ether oxygens (including phenoxy) is 1. The monoisotopic (exact) mass is 359 g/mol. The number of anilines is 2. The molecule has 1 amide bonds. The Labute approximate surface area is 156 Å². The number of hydrogen-bond donors (Lipinski definition) is 2. The SMILES string of the molecule is COc1ccc(CNC(=O)c2cnc(Nc3ccccc3C#N)cn2)cc1. The van der Waals surface area contributed by atoms with Crippen LogP contribution in [0.2, 0.25) is 0 Å². The zero-order chi connectivity index (χ0) is 19.1. The first kappa shape index (κ1) is 17.9. The van der Waals surface area contributed by atoms with Crippen molar-refractivity contribution in [2.75, 3.05) is 12.4 Å². The molecule has 7 nitrogen and oxygen atoms in total. The highest BCUT2D eigenvalue weighted by molar-refractivity contribution is 5.92. The first-order chi connectivity index (χ1) is 13.2. The highest BCUT2D eigenvalue weighted by atomic mass is 16.5. The van der Waals surface area contributed by atoms with E-state index in [0.717, 1.165) is 11.3 Å². The Balaban J connectivity index is 1.60. The minimum absolute atomic E-state index is 0.211. The zero-order valence-corrected chi connectivity index (χ0v) is 14.6. The van der Waals surface area contributed by atoms with Crippen molar-refractivity contribution in [1.29, 1.82) is 5.26 Å². The Morgan fingerprint density at radius 3 is 2.56 bits per heavy atom. The molecule has 0 spiro atoms. The number of aromatic nitrogens is 2. The molecule has 27 heavy (non-hydrogen) atoms. The molecule has 0 aliphatic carbocycles. The molecule has 134 valence electrons. The van der Waals surface area contributed by atoms with Crippen molar-refractivity contribution < 1.29 is 9.53 Å². The molecule has 2 N–H and O–H groups in total. The van der Waals surface area contributed by atoms with Crippen molar-refractivity contribution in [3.63, 3.8) is 0 Å². The zero-order valence-electron chi connectivity index (χ0n) is 14.6. The van der Waals surface area contributed by atoms with Gasteiger partial charge in [-0.15, -0.1) is 0 Å². The van der Waals surface area contributed by atoms with Crippen LogP contribution in [0.25, 0.3) is 0 Å². The number of carbonyl (C=O) groups excluding carboxylic acids is 1. The third-order valence-electron chi connectivity index (χ3n) is 3.81. The smallest absolute Gasteiger partial charge is 0.271 e. The molecule has 0 saturated heterocycles. The van der Waals surface area contributed by atoms with E-state index in [1.165, 1.54) is 12.4 Å². The van der Waals surface area contributed by atoms with Gasteiger partial charge in [0.1, 0.15) is 23.3 Å². The van der Waals surface area contributed by atoms with Crippen molar-refractivity contribution in [3.05, 3.63) is 77.7 Å². The molecule has 2 aromatic carbocycles. The number of nitriles is 1. The van der Waals surface area contributed by atoms with Crippen molar-refractivity contribution >= 4 is 17.4 Å². The van der Waals surface area contributed by atoms with Gasteiger partial charge in [0.05, 0.1) is 30.8 Å². The summed E-state index contributed by atoms with van der Waals surface area (Å²) in [7, 11) is 1.60. The number of amides is 1. The number of nitrogens with one attached hydrogen (secondary N) is 2. The van der Waals surface area contributed by atoms with Gasteiger partial charge in [-0.25, -0.2) is 9.97 Å². The van der Waals surface area contributed by atoms with Crippen LogP contribution in [-0.4, -0.2) is 23.0 Å². The summed E-state index contributed by atoms with van der Waals surface area (Å²) in [6, 6.07) is 16.6. The Hall–Kier alpha value is -3.92. The van der Waals surface area contributed by atoms with Crippen LogP contribution in [0.1, 0.15) is 21.6 Å². The molecule has 3 aromatic rings. The van der Waals surface area contributed by atoms with Gasteiger partial charge in [-0.3, -0.25) is 4.79 Å². The van der Waals surface area contributed by atoms with Crippen molar-refractivity contribution in [2.24, 2.45) is 0 Å². The normalized spacial score (nSPS) is 9.93. The first-order valence-corrected chi connectivity index (χ1v) is 8.19. The number of para-hydroxylation sites is 1. The molecule has 0 unspecified atom stereocenters. The third kappa shape index (κ3) is 4.58. The molecule has 0 atom stereocenters. The van der Waals surface area contributed by atoms with E-state index in [1.807, 2.05) is 30.3 Å². The summed E-state index contributed by atoms with van der Waals surface area (Å²) in [4.78, 5) is 20.5. The van der Waals surface area contributed by atoms with E-state index in [-0.39, 0.29) is 11.6 Å². The minimum Gasteiger partial charge on any atom is -0.497 e. The molecular weight excluding hydrogens is 342 g/mol. The van der Waals surface area contributed by atoms with Crippen LogP contribution in [0.4, 0.5) is 11.5 Å². The lowest BCUT2D eigenvalue weighted by atomic mass is 10.2. The summed E-state index contributed by atoms with van der Waals surface area (Å²) in [6.07, 6.45) is 2.84. The van der Waals surface area contributed by atoms with Crippen molar-refractivity contribution in [2.45, 2.75) is 6.54 Å². The predicted octanol–water partition coefficient (Wildman–Crippen LogP) is 3.03. The molecule has 1 aromatic heterocycles. The van der Waals surface area contributed by atoms with E-state index in [9.17, 15) is 4.79 Å². The minimum atomic E-state index is -0.317. The Morgan fingerprint density at radius 1 is 1.11 bits per heavy atom. The second-order valence-corrected chi connectivity index (χ2v) is 5.60. The van der Waals surface area contributed by atoms with Crippen LogP contribution in [0.5, 0.6) is 5.75 Å². The van der Waals surface area contributed by atoms with Gasteiger partial charge in [-0.1, -0.05) is 24.3 Å². The Morgan fingerprint density at radius 2 is 1.89 bits per heavy atom. The maximum absolute atomic E-state index is 12.2. The van der Waals surface area contributed by atoms with Crippen LogP contribution < -0.4 is 15.4 Å². The lowest BCUT2D eigenvalue weighted by Gasteiger charge is -2.08. The fraction of sp³-hybridized carbons (Fsp3) is 0.100. The quantitative estimate of drug-likeness (QED) is 0.702. The summed E-state index contributed by atoms with van der Waals surface area (Å²) in [5, 5.41) is 14.9. The average molecular weight is 359 g/mol. The summed E-state index contributed by atoms with van der Waals surface area (Å²) in [6.45, 7) is 0.375. The molecule has 7 heteroatoms. The number of rotatable bonds is 6. The molecule has 1 heterocycles. The first-order valence-electron chi connectivity index (χ1n) is 8.19. The number of benzene rings is 2. The Bertz CT molecular complexity index is 963. The van der Waals surface area contributed by atoms with Crippen LogP contribution in [0, 0.1) is 11.3 Å². The maximum Gasteiger partial charge on any atom is 0.271 e. The number of methoxy groups -OCH3 is 1. The second-order valence-electron chi connectivity index (χ2n) is 5.60. The van der Waals surface area contributed by atoms with Gasteiger partial charge >= 0.3 is 0 Å². The van der Waals surface area contributed by atoms with Crippen LogP contribution in [0.3, 0.4) is 0 Å². The summed E-state index contributed by atoms with van der Waals surface area (Å²) < 4.78 is 5.10. The molecule has 0 aliphatic heterocycles. The van der Waals surface area contributed by atoms with E-state index in [4.69, 9.17) is 10.00 Å². The van der Waals surface area contributed by atoms with Gasteiger partial charge in [-0.2, -0.15) is 5.26 Å². The molecule has 0 aliphatic rings. The van der Waals surface area contributed by atoms with E-state index < -0.39 is 0 Å². The fourth-order valence-corrected chi connectivity index (χ4v) is 2.35. The topological polar surface area (TPSA) is 99.9 Å². The summed E-state index contributed by atoms with van der Waals surface area (Å²) in [5.41, 5.74) is 2.29. The van der Waals surface area contributed by atoms with E-state index in [1.54, 1.807) is 25.3 Å². The van der Waals surface area contributed by atoms with Crippen LogP contribution in [-0.2, 0) is 6.54 Å². The molecule has 3 rings (SSSR count). The average Bonchev–Trinajstić information content (AvgIpc) is 2.73. The lowest BCUT2D eigenvalue weighted by Crippen LogP contribution is -2.24. The highest BCUT2D eigenvalue weighted by Gasteiger charge is 2.09. The van der Waals surface area contributed by atoms with E-state index in [0.29, 0.717) is 23.6 Å². The van der Waals surface area contributed by atoms with Gasteiger partial charge in [0.25, 0.3) is 5.91 Å². The van der Waals surface area contributed by atoms with Gasteiger partial charge in [-0.05, 0) is 29.8 Å². The van der Waals surface area contributed by atoms with Crippen molar-refractivity contribution in [3.8, 4) is 11.8 Å². The van der Waals surface area contributed by atoms with Gasteiger partial charge in [0.2, 0.25) is 0 Å². The van der Waals surface area contributed by atoms with Crippen molar-refractivity contribution in [1.82, 2.24) is 15.3 Å². The van der Waals surface area contributed by atoms with Gasteiger partial charge < -0.3 is 15.4 Å².